The number of amidine groups is 1. The lowest BCUT2D eigenvalue weighted by Gasteiger charge is -2.45. The third-order valence-corrected chi connectivity index (χ3v) is 14.2. The van der Waals surface area contributed by atoms with Crippen molar-refractivity contribution in [2.24, 2.45) is 4.99 Å². The summed E-state index contributed by atoms with van der Waals surface area (Å²) in [7, 11) is 0. The fraction of sp³-hybridized carbons (Fsp3) is 0.0308. The fourth-order valence-corrected chi connectivity index (χ4v) is 11.1. The number of hydrogen-bond donors (Lipinski definition) is 1. The van der Waals surface area contributed by atoms with Crippen LogP contribution in [-0.4, -0.2) is 5.84 Å². The normalized spacial score (nSPS) is 15.0. The van der Waals surface area contributed by atoms with Gasteiger partial charge in [0.15, 0.2) is 0 Å². The molecule has 1 atom stereocenters. The molecule has 0 saturated carbocycles. The molecule has 0 amide bonds. The third kappa shape index (κ3) is 6.39. The van der Waals surface area contributed by atoms with E-state index in [0.29, 0.717) is 0 Å². The van der Waals surface area contributed by atoms with Gasteiger partial charge in [-0.15, -0.1) is 0 Å². The standard InChI is InChI=1S/C65H45N3/c1-4-18-44(19-5-1)45-32-36-47(37-33-45)60-43-61(67-64(66-60)49-20-6-2-7-21-49)48-38-34-46(35-39-48)52-24-10-11-25-53(52)50-40-41-55-54-26-12-13-27-56(54)65(59(55)42-50)57-28-14-16-30-62(57)68(51-22-8-3-9-23-51)63-31-17-15-29-58(63)65/h1-43,61H,(H,66,67). The van der Waals surface area contributed by atoms with Gasteiger partial charge < -0.3 is 10.2 Å². The van der Waals surface area contributed by atoms with E-state index < -0.39 is 5.41 Å². The van der Waals surface area contributed by atoms with Crippen molar-refractivity contribution in [1.82, 2.24) is 5.32 Å². The third-order valence-electron chi connectivity index (χ3n) is 14.2. The molecule has 320 valence electrons. The lowest BCUT2D eigenvalue weighted by atomic mass is 9.64. The number of hydrogen-bond acceptors (Lipinski definition) is 3. The Labute approximate surface area is 397 Å². The first-order valence-electron chi connectivity index (χ1n) is 23.5. The average Bonchev–Trinajstić information content (AvgIpc) is 3.71. The van der Waals surface area contributed by atoms with Crippen LogP contribution in [0.4, 0.5) is 17.1 Å². The van der Waals surface area contributed by atoms with Crippen LogP contribution in [0.2, 0.25) is 0 Å². The van der Waals surface area contributed by atoms with Gasteiger partial charge in [-0.05, 0) is 114 Å². The highest BCUT2D eigenvalue weighted by atomic mass is 15.2. The number of nitrogens with one attached hydrogen (secondary N) is 1. The Morgan fingerprint density at radius 1 is 0.353 bits per heavy atom. The monoisotopic (exact) mass is 867 g/mol. The zero-order valence-corrected chi connectivity index (χ0v) is 37.3. The van der Waals surface area contributed by atoms with Crippen LogP contribution in [0.5, 0.6) is 0 Å². The van der Waals surface area contributed by atoms with E-state index in [2.05, 4.69) is 265 Å². The maximum absolute atomic E-state index is 5.30. The first kappa shape index (κ1) is 39.6. The van der Waals surface area contributed by atoms with Crippen LogP contribution in [0.25, 0.3) is 50.2 Å². The summed E-state index contributed by atoms with van der Waals surface area (Å²) >= 11 is 0. The van der Waals surface area contributed by atoms with Crippen LogP contribution < -0.4 is 10.2 Å². The number of benzene rings is 10. The summed E-state index contributed by atoms with van der Waals surface area (Å²) in [4.78, 5) is 7.74. The molecule has 1 unspecified atom stereocenters. The number of rotatable bonds is 7. The highest BCUT2D eigenvalue weighted by Gasteiger charge is 2.51. The molecule has 1 spiro atoms. The van der Waals surface area contributed by atoms with E-state index in [0.717, 1.165) is 39.5 Å². The molecule has 0 fully saturated rings. The maximum Gasteiger partial charge on any atom is 0.133 e. The Morgan fingerprint density at radius 2 is 0.824 bits per heavy atom. The molecule has 3 heteroatoms. The van der Waals surface area contributed by atoms with Gasteiger partial charge in [0.1, 0.15) is 5.84 Å². The van der Waals surface area contributed by atoms with E-state index >= 15 is 0 Å². The molecule has 2 heterocycles. The quantitative estimate of drug-likeness (QED) is 0.173. The molecule has 3 nitrogen and oxygen atoms in total. The van der Waals surface area contributed by atoms with E-state index in [1.165, 1.54) is 72.6 Å². The van der Waals surface area contributed by atoms with Crippen molar-refractivity contribution in [2.75, 3.05) is 4.90 Å². The first-order chi connectivity index (χ1) is 33.7. The van der Waals surface area contributed by atoms with Crippen LogP contribution >= 0.6 is 0 Å². The first-order valence-corrected chi connectivity index (χ1v) is 23.5. The molecular formula is C65H45N3. The molecule has 0 radical (unpaired) electrons. The molecule has 10 aromatic rings. The molecule has 0 saturated heterocycles. The number of nitrogens with zero attached hydrogens (tertiary/aromatic N) is 2. The Balaban J connectivity index is 0.900. The largest absolute Gasteiger partial charge is 0.340 e. The van der Waals surface area contributed by atoms with Gasteiger partial charge >= 0.3 is 0 Å². The predicted molar refractivity (Wildman–Crippen MR) is 282 cm³/mol. The molecule has 0 aromatic heterocycles. The van der Waals surface area contributed by atoms with E-state index in [9.17, 15) is 0 Å². The molecule has 3 aliphatic rings. The van der Waals surface area contributed by atoms with E-state index in [4.69, 9.17) is 4.99 Å². The van der Waals surface area contributed by atoms with Gasteiger partial charge in [0.05, 0.1) is 22.8 Å². The highest BCUT2D eigenvalue weighted by Crippen LogP contribution is 2.63. The average molecular weight is 868 g/mol. The Hall–Kier alpha value is -8.79. The van der Waals surface area contributed by atoms with Gasteiger partial charge in [-0.1, -0.05) is 224 Å². The van der Waals surface area contributed by atoms with Crippen molar-refractivity contribution in [1.29, 1.82) is 0 Å². The van der Waals surface area contributed by atoms with Crippen molar-refractivity contribution in [3.8, 4) is 44.5 Å². The summed E-state index contributed by atoms with van der Waals surface area (Å²) in [6.07, 6.45) is 2.26. The van der Waals surface area contributed by atoms with Gasteiger partial charge in [-0.2, -0.15) is 0 Å². The van der Waals surface area contributed by atoms with Gasteiger partial charge in [0, 0.05) is 16.9 Å². The van der Waals surface area contributed by atoms with Crippen molar-refractivity contribution in [3.05, 3.63) is 300 Å². The van der Waals surface area contributed by atoms with E-state index in [1.807, 2.05) is 6.07 Å². The zero-order chi connectivity index (χ0) is 45.0. The van der Waals surface area contributed by atoms with Crippen LogP contribution in [0.15, 0.2) is 266 Å². The molecule has 1 N–H and O–H groups in total. The SMILES string of the molecule is C1=C(c2ccc(-c3ccccc3)cc2)NC(c2ccccc2)=NC1c1ccc(-c2ccccc2-c2ccc3c(c2)C2(c4ccccc4-3)c3ccccc3N(c3ccccc3)c3ccccc32)cc1. The smallest absolute Gasteiger partial charge is 0.133 e. The molecular weight excluding hydrogens is 823 g/mol. The summed E-state index contributed by atoms with van der Waals surface area (Å²) in [6, 6.07) is 92.6. The second-order valence-corrected chi connectivity index (χ2v) is 17.9. The van der Waals surface area contributed by atoms with Crippen LogP contribution in [-0.2, 0) is 5.41 Å². The summed E-state index contributed by atoms with van der Waals surface area (Å²) < 4.78 is 0. The number of anilines is 3. The predicted octanol–water partition coefficient (Wildman–Crippen LogP) is 16.0. The summed E-state index contributed by atoms with van der Waals surface area (Å²) in [5, 5.41) is 3.68. The Morgan fingerprint density at radius 3 is 1.49 bits per heavy atom. The second-order valence-electron chi connectivity index (χ2n) is 17.9. The number of fused-ring (bicyclic) bond motifs is 9. The highest BCUT2D eigenvalue weighted by molar-refractivity contribution is 6.05. The molecule has 10 aromatic carbocycles. The number of aliphatic imine (C=N–C) groups is 1. The topological polar surface area (TPSA) is 27.6 Å². The van der Waals surface area contributed by atoms with Crippen molar-refractivity contribution in [2.45, 2.75) is 11.5 Å². The second kappa shape index (κ2) is 16.3. The van der Waals surface area contributed by atoms with E-state index in [-0.39, 0.29) is 6.04 Å². The molecule has 0 bridgehead atoms. The lowest BCUT2D eigenvalue weighted by molar-refractivity contribution is 0.753. The van der Waals surface area contributed by atoms with Gasteiger partial charge in [0.25, 0.3) is 0 Å². The molecule has 68 heavy (non-hydrogen) atoms. The van der Waals surface area contributed by atoms with Gasteiger partial charge in [0.2, 0.25) is 0 Å². The fourth-order valence-electron chi connectivity index (χ4n) is 11.1. The summed E-state index contributed by atoms with van der Waals surface area (Å²) in [5.74, 6) is 0.863. The maximum atomic E-state index is 5.30. The van der Waals surface area contributed by atoms with Gasteiger partial charge in [-0.25, -0.2) is 0 Å². The molecule has 1 aliphatic carbocycles. The lowest BCUT2D eigenvalue weighted by Crippen LogP contribution is -2.36. The summed E-state index contributed by atoms with van der Waals surface area (Å²) in [5.41, 5.74) is 22.3. The van der Waals surface area contributed by atoms with Crippen LogP contribution in [0.3, 0.4) is 0 Å². The van der Waals surface area contributed by atoms with Crippen LogP contribution in [0.1, 0.15) is 45.0 Å². The zero-order valence-electron chi connectivity index (χ0n) is 37.3. The Bertz CT molecular complexity index is 3530. The minimum Gasteiger partial charge on any atom is -0.340 e. The van der Waals surface area contributed by atoms with E-state index in [1.54, 1.807) is 0 Å². The Kier molecular flexibility index (Phi) is 9.47. The van der Waals surface area contributed by atoms with Crippen molar-refractivity contribution < 1.29 is 0 Å². The van der Waals surface area contributed by atoms with Gasteiger partial charge in [-0.3, -0.25) is 4.99 Å². The molecule has 2 aliphatic heterocycles. The van der Waals surface area contributed by atoms with Crippen molar-refractivity contribution >= 4 is 28.6 Å². The number of para-hydroxylation sites is 3. The minimum atomic E-state index is -0.527. The summed E-state index contributed by atoms with van der Waals surface area (Å²) in [6.45, 7) is 0. The minimum absolute atomic E-state index is 0.173. The van der Waals surface area contributed by atoms with Crippen LogP contribution in [0, 0.1) is 0 Å². The van der Waals surface area contributed by atoms with Crippen molar-refractivity contribution in [3.63, 3.8) is 0 Å². The molecule has 13 rings (SSSR count).